The van der Waals surface area contributed by atoms with E-state index in [0.717, 1.165) is 9.58 Å². The van der Waals surface area contributed by atoms with Crippen molar-refractivity contribution in [3.8, 4) is 0 Å². The maximum Gasteiger partial charge on any atom is 0.146 e. The summed E-state index contributed by atoms with van der Waals surface area (Å²) in [4.78, 5) is 1.44. The van der Waals surface area contributed by atoms with Crippen LogP contribution in [-0.2, 0) is 5.33 Å². The van der Waals surface area contributed by atoms with E-state index in [1.54, 1.807) is 6.07 Å². The van der Waals surface area contributed by atoms with Crippen LogP contribution >= 0.6 is 39.9 Å². The molecule has 13 heavy (non-hydrogen) atoms. The van der Waals surface area contributed by atoms with Crippen LogP contribution in [0.15, 0.2) is 23.1 Å². The molecule has 1 aromatic heterocycles. The van der Waals surface area contributed by atoms with Gasteiger partial charge in [0.05, 0.1) is 4.88 Å². The van der Waals surface area contributed by atoms with Gasteiger partial charge in [0.15, 0.2) is 0 Å². The maximum absolute atomic E-state index is 13.6. The summed E-state index contributed by atoms with van der Waals surface area (Å²) in [6, 6.07) is 5.60. The van der Waals surface area contributed by atoms with Crippen molar-refractivity contribution in [1.82, 2.24) is 0 Å². The van der Waals surface area contributed by atoms with Crippen LogP contribution in [0, 0.1) is 5.82 Å². The molecule has 0 unspecified atom stereocenters. The number of thiol groups is 1. The predicted octanol–water partition coefficient (Wildman–Crippen LogP) is 4.22. The first kappa shape index (κ1) is 9.49. The average Bonchev–Trinajstić information content (AvgIpc) is 2.44. The predicted molar refractivity (Wildman–Crippen MR) is 61.7 cm³/mol. The number of fused-ring (bicyclic) bond motifs is 1. The molecule has 0 fully saturated rings. The Morgan fingerprint density at radius 3 is 2.85 bits per heavy atom. The molecular formula is C9H6BrFS2. The largest absolute Gasteiger partial charge is 0.205 e. The van der Waals surface area contributed by atoms with Crippen molar-refractivity contribution < 1.29 is 4.39 Å². The highest BCUT2D eigenvalue weighted by molar-refractivity contribution is 9.08. The van der Waals surface area contributed by atoms with Gasteiger partial charge in [-0.25, -0.2) is 4.39 Å². The minimum Gasteiger partial charge on any atom is -0.205 e. The van der Waals surface area contributed by atoms with Crippen molar-refractivity contribution in [3.05, 3.63) is 28.9 Å². The minimum absolute atomic E-state index is 0.137. The van der Waals surface area contributed by atoms with Crippen molar-refractivity contribution in [2.45, 2.75) is 10.2 Å². The van der Waals surface area contributed by atoms with E-state index < -0.39 is 0 Å². The molecule has 0 aliphatic heterocycles. The third-order valence-corrected chi connectivity index (χ3v) is 4.26. The molecule has 0 atom stereocenters. The van der Waals surface area contributed by atoms with E-state index in [-0.39, 0.29) is 5.82 Å². The Balaban J connectivity index is 2.85. The highest BCUT2D eigenvalue weighted by Gasteiger charge is 2.12. The fourth-order valence-electron chi connectivity index (χ4n) is 1.23. The molecule has 1 aromatic carbocycles. The molecule has 68 valence electrons. The zero-order chi connectivity index (χ0) is 9.42. The van der Waals surface area contributed by atoms with Crippen LogP contribution in [0.3, 0.4) is 0 Å². The number of hydrogen-bond acceptors (Lipinski definition) is 2. The molecule has 4 heteroatoms. The Kier molecular flexibility index (Phi) is 2.62. The van der Waals surface area contributed by atoms with Crippen LogP contribution in [0.5, 0.6) is 0 Å². The summed E-state index contributed by atoms with van der Waals surface area (Å²) < 4.78 is 14.6. The van der Waals surface area contributed by atoms with Crippen LogP contribution < -0.4 is 0 Å². The van der Waals surface area contributed by atoms with Crippen LogP contribution in [0.4, 0.5) is 4.39 Å². The molecule has 0 radical (unpaired) electrons. The lowest BCUT2D eigenvalue weighted by atomic mass is 10.2. The molecule has 2 rings (SSSR count). The highest BCUT2D eigenvalue weighted by Crippen LogP contribution is 2.34. The summed E-state index contributed by atoms with van der Waals surface area (Å²) >= 11 is 8.95. The Hall–Kier alpha value is -0.0600. The van der Waals surface area contributed by atoms with Gasteiger partial charge in [-0.2, -0.15) is 0 Å². The first-order chi connectivity index (χ1) is 6.24. The normalized spacial score (nSPS) is 11.0. The van der Waals surface area contributed by atoms with Crippen LogP contribution in [-0.4, -0.2) is 0 Å². The van der Waals surface area contributed by atoms with E-state index in [0.29, 0.717) is 15.6 Å². The lowest BCUT2D eigenvalue weighted by molar-refractivity contribution is 0.634. The molecule has 0 nitrogen and oxygen atoms in total. The average molecular weight is 277 g/mol. The van der Waals surface area contributed by atoms with Crippen molar-refractivity contribution in [2.75, 3.05) is 0 Å². The van der Waals surface area contributed by atoms with E-state index in [1.807, 2.05) is 12.1 Å². The summed E-state index contributed by atoms with van der Waals surface area (Å²) in [6.45, 7) is 0. The lowest BCUT2D eigenvalue weighted by Crippen LogP contribution is -1.76. The Morgan fingerprint density at radius 2 is 2.23 bits per heavy atom. The molecular weight excluding hydrogens is 271 g/mol. The topological polar surface area (TPSA) is 0 Å². The van der Waals surface area contributed by atoms with Gasteiger partial charge in [-0.3, -0.25) is 0 Å². The van der Waals surface area contributed by atoms with Gasteiger partial charge in [-0.1, -0.05) is 22.0 Å². The smallest absolute Gasteiger partial charge is 0.146 e. The lowest BCUT2D eigenvalue weighted by Gasteiger charge is -1.93. The molecule has 0 bridgehead atoms. The maximum atomic E-state index is 13.6. The van der Waals surface area contributed by atoms with Crippen LogP contribution in [0.2, 0.25) is 0 Å². The Labute approximate surface area is 93.3 Å². The summed E-state index contributed by atoms with van der Waals surface area (Å²) in [6.07, 6.45) is 0. The molecule has 1 heterocycles. The van der Waals surface area contributed by atoms with Gasteiger partial charge in [0.1, 0.15) is 5.82 Å². The van der Waals surface area contributed by atoms with E-state index >= 15 is 0 Å². The number of hydrogen-bond donors (Lipinski definition) is 1. The monoisotopic (exact) mass is 276 g/mol. The summed E-state index contributed by atoms with van der Waals surface area (Å²) in [5.74, 6) is -0.137. The van der Waals surface area contributed by atoms with Gasteiger partial charge >= 0.3 is 0 Å². The van der Waals surface area contributed by atoms with E-state index in [2.05, 4.69) is 28.6 Å². The fraction of sp³-hybridized carbons (Fsp3) is 0.111. The Bertz CT molecular complexity index is 450. The zero-order valence-corrected chi connectivity index (χ0v) is 9.85. The minimum atomic E-state index is -0.137. The van der Waals surface area contributed by atoms with Gasteiger partial charge in [0.25, 0.3) is 0 Å². The van der Waals surface area contributed by atoms with Gasteiger partial charge in [0.2, 0.25) is 0 Å². The second kappa shape index (κ2) is 3.59. The zero-order valence-electron chi connectivity index (χ0n) is 6.55. The van der Waals surface area contributed by atoms with E-state index in [1.165, 1.54) is 11.3 Å². The molecule has 0 spiro atoms. The number of thiophene rings is 1. The number of benzene rings is 1. The molecule has 0 saturated carbocycles. The van der Waals surface area contributed by atoms with Crippen LogP contribution in [0.1, 0.15) is 4.88 Å². The number of rotatable bonds is 1. The van der Waals surface area contributed by atoms with Gasteiger partial charge < -0.3 is 0 Å². The summed E-state index contributed by atoms with van der Waals surface area (Å²) in [5, 5.41) is 1.20. The third kappa shape index (κ3) is 1.51. The first-order valence-electron chi connectivity index (χ1n) is 3.69. The Morgan fingerprint density at radius 1 is 1.46 bits per heavy atom. The highest BCUT2D eigenvalue weighted by atomic mass is 79.9. The molecule has 0 aliphatic rings. The molecule has 0 aliphatic carbocycles. The molecule has 0 amide bonds. The van der Waals surface area contributed by atoms with Crippen LogP contribution in [0.25, 0.3) is 10.1 Å². The SMILES string of the molecule is Fc1c(CBr)sc2cccc(S)c12. The molecule has 0 N–H and O–H groups in total. The van der Waals surface area contributed by atoms with Gasteiger partial charge in [-0.15, -0.1) is 24.0 Å². The molecule has 0 saturated heterocycles. The first-order valence-corrected chi connectivity index (χ1v) is 6.07. The van der Waals surface area contributed by atoms with Crippen molar-refractivity contribution in [1.29, 1.82) is 0 Å². The number of halogens is 2. The van der Waals surface area contributed by atoms with Gasteiger partial charge in [0, 0.05) is 20.3 Å². The third-order valence-electron chi connectivity index (χ3n) is 1.82. The fourth-order valence-corrected chi connectivity index (χ4v) is 3.16. The second-order valence-electron chi connectivity index (χ2n) is 2.62. The molecule has 2 aromatic rings. The van der Waals surface area contributed by atoms with Crippen molar-refractivity contribution in [3.63, 3.8) is 0 Å². The van der Waals surface area contributed by atoms with Gasteiger partial charge in [-0.05, 0) is 12.1 Å². The summed E-state index contributed by atoms with van der Waals surface area (Å²) in [5.41, 5.74) is 0. The standard InChI is InChI=1S/C9H6BrFS2/c10-4-7-9(11)8-5(12)2-1-3-6(8)13-7/h1-3,12H,4H2. The van der Waals surface area contributed by atoms with E-state index in [4.69, 9.17) is 0 Å². The summed E-state index contributed by atoms with van der Waals surface area (Å²) in [7, 11) is 0. The number of alkyl halides is 1. The van der Waals surface area contributed by atoms with Crippen molar-refractivity contribution >= 4 is 50.0 Å². The van der Waals surface area contributed by atoms with E-state index in [9.17, 15) is 4.39 Å². The quantitative estimate of drug-likeness (QED) is 0.585. The second-order valence-corrected chi connectivity index (χ2v) is 4.80. The van der Waals surface area contributed by atoms with Crippen molar-refractivity contribution in [2.24, 2.45) is 0 Å².